The summed E-state index contributed by atoms with van der Waals surface area (Å²) in [4.78, 5) is 36.3. The van der Waals surface area contributed by atoms with E-state index in [0.29, 0.717) is 45.4 Å². The lowest BCUT2D eigenvalue weighted by molar-refractivity contribution is -0.137. The van der Waals surface area contributed by atoms with Crippen molar-refractivity contribution in [2.24, 2.45) is 5.92 Å². The van der Waals surface area contributed by atoms with Gasteiger partial charge < -0.3 is 20.6 Å². The third-order valence-corrected chi connectivity index (χ3v) is 4.31. The van der Waals surface area contributed by atoms with Gasteiger partial charge in [0, 0.05) is 38.5 Å². The first-order valence-corrected chi connectivity index (χ1v) is 8.62. The molecule has 136 valence electrons. The molecule has 0 atom stereocenters. The second-order valence-corrected chi connectivity index (χ2v) is 6.19. The molecule has 2 rings (SSSR count). The van der Waals surface area contributed by atoms with Gasteiger partial charge in [0.15, 0.2) is 0 Å². The van der Waals surface area contributed by atoms with Crippen molar-refractivity contribution >= 4 is 17.9 Å². The second-order valence-electron chi connectivity index (χ2n) is 6.19. The maximum Gasteiger partial charge on any atom is 0.317 e. The topological polar surface area (TPSA) is 98.7 Å². The number of carboxylic acid groups (broad SMARTS) is 1. The molecule has 1 aromatic rings. The molecule has 0 unspecified atom stereocenters. The van der Waals surface area contributed by atoms with Gasteiger partial charge in [-0.15, -0.1) is 0 Å². The van der Waals surface area contributed by atoms with E-state index >= 15 is 0 Å². The Morgan fingerprint density at radius 2 is 1.76 bits per heavy atom. The van der Waals surface area contributed by atoms with Crippen molar-refractivity contribution < 1.29 is 19.5 Å². The van der Waals surface area contributed by atoms with Crippen molar-refractivity contribution in [1.29, 1.82) is 0 Å². The SMILES string of the molecule is O=C(O)CCCNC(=O)N1CCC(C(=O)NCc2ccccc2)CC1. The Kier molecular flexibility index (Phi) is 7.25. The minimum absolute atomic E-state index is 0.0327. The van der Waals surface area contributed by atoms with Crippen LogP contribution >= 0.6 is 0 Å². The van der Waals surface area contributed by atoms with Crippen molar-refractivity contribution in [3.05, 3.63) is 35.9 Å². The van der Waals surface area contributed by atoms with Crippen LogP contribution in [0.4, 0.5) is 4.79 Å². The van der Waals surface area contributed by atoms with E-state index in [1.807, 2.05) is 30.3 Å². The normalized spacial score (nSPS) is 14.8. The molecule has 0 radical (unpaired) electrons. The first kappa shape index (κ1) is 18.8. The smallest absolute Gasteiger partial charge is 0.317 e. The molecular formula is C18H25N3O4. The van der Waals surface area contributed by atoms with Gasteiger partial charge in [0.2, 0.25) is 5.91 Å². The quantitative estimate of drug-likeness (QED) is 0.652. The number of urea groups is 1. The van der Waals surface area contributed by atoms with E-state index in [9.17, 15) is 14.4 Å². The first-order valence-electron chi connectivity index (χ1n) is 8.62. The summed E-state index contributed by atoms with van der Waals surface area (Å²) in [5.41, 5.74) is 1.06. The molecule has 3 amide bonds. The van der Waals surface area contributed by atoms with Crippen LogP contribution < -0.4 is 10.6 Å². The predicted molar refractivity (Wildman–Crippen MR) is 92.9 cm³/mol. The Hall–Kier alpha value is -2.57. The summed E-state index contributed by atoms with van der Waals surface area (Å²) in [6.07, 6.45) is 1.75. The summed E-state index contributed by atoms with van der Waals surface area (Å²) in [7, 11) is 0. The Bertz CT molecular complexity index is 583. The predicted octanol–water partition coefficient (Wildman–Crippen LogP) is 1.59. The van der Waals surface area contributed by atoms with Crippen molar-refractivity contribution in [3.63, 3.8) is 0 Å². The number of carbonyl (C=O) groups is 3. The number of amides is 3. The Balaban J connectivity index is 1.65. The number of carbonyl (C=O) groups excluding carboxylic acids is 2. The zero-order valence-electron chi connectivity index (χ0n) is 14.2. The number of hydrogen-bond acceptors (Lipinski definition) is 3. The van der Waals surface area contributed by atoms with Gasteiger partial charge >= 0.3 is 12.0 Å². The molecule has 1 aromatic carbocycles. The fraction of sp³-hybridized carbons (Fsp3) is 0.500. The lowest BCUT2D eigenvalue weighted by Crippen LogP contribution is -2.47. The number of rotatable bonds is 7. The molecule has 7 heteroatoms. The highest BCUT2D eigenvalue weighted by molar-refractivity contribution is 5.79. The van der Waals surface area contributed by atoms with Crippen LogP contribution in [0.2, 0.25) is 0 Å². The van der Waals surface area contributed by atoms with Gasteiger partial charge in [-0.25, -0.2) is 4.79 Å². The molecule has 7 nitrogen and oxygen atoms in total. The molecule has 0 aliphatic carbocycles. The van der Waals surface area contributed by atoms with Crippen LogP contribution in [0.1, 0.15) is 31.2 Å². The fourth-order valence-electron chi connectivity index (χ4n) is 2.82. The van der Waals surface area contributed by atoms with Crippen LogP contribution in [0, 0.1) is 5.92 Å². The minimum atomic E-state index is -0.864. The average Bonchev–Trinajstić information content (AvgIpc) is 2.64. The molecule has 25 heavy (non-hydrogen) atoms. The molecule has 1 fully saturated rings. The number of hydrogen-bond donors (Lipinski definition) is 3. The van der Waals surface area contributed by atoms with Crippen LogP contribution in [0.25, 0.3) is 0 Å². The van der Waals surface area contributed by atoms with Crippen LogP contribution in [0.5, 0.6) is 0 Å². The van der Waals surface area contributed by atoms with E-state index in [-0.39, 0.29) is 24.3 Å². The van der Waals surface area contributed by atoms with Gasteiger partial charge in [-0.05, 0) is 24.8 Å². The average molecular weight is 347 g/mol. The highest BCUT2D eigenvalue weighted by Crippen LogP contribution is 2.17. The number of likely N-dealkylation sites (tertiary alicyclic amines) is 1. The monoisotopic (exact) mass is 347 g/mol. The Labute approximate surface area is 147 Å². The zero-order valence-corrected chi connectivity index (χ0v) is 14.2. The van der Waals surface area contributed by atoms with Gasteiger partial charge in [-0.2, -0.15) is 0 Å². The van der Waals surface area contributed by atoms with Crippen LogP contribution in [0.3, 0.4) is 0 Å². The fourth-order valence-corrected chi connectivity index (χ4v) is 2.82. The Morgan fingerprint density at radius 3 is 2.40 bits per heavy atom. The summed E-state index contributed by atoms with van der Waals surface area (Å²) in [5.74, 6) is -0.901. The summed E-state index contributed by atoms with van der Waals surface area (Å²) < 4.78 is 0. The molecule has 1 aliphatic heterocycles. The third-order valence-electron chi connectivity index (χ3n) is 4.31. The largest absolute Gasteiger partial charge is 0.481 e. The number of aliphatic carboxylic acids is 1. The van der Waals surface area contributed by atoms with Crippen molar-refractivity contribution in [2.75, 3.05) is 19.6 Å². The standard InChI is InChI=1S/C18H25N3O4/c22-16(23)7-4-10-19-18(25)21-11-8-15(9-12-21)17(24)20-13-14-5-2-1-3-6-14/h1-3,5-6,15H,4,7-13H2,(H,19,25)(H,20,24)(H,22,23). The minimum Gasteiger partial charge on any atom is -0.481 e. The molecule has 1 heterocycles. The Morgan fingerprint density at radius 1 is 1.08 bits per heavy atom. The molecular weight excluding hydrogens is 322 g/mol. The number of carboxylic acids is 1. The lowest BCUT2D eigenvalue weighted by atomic mass is 9.96. The molecule has 0 saturated carbocycles. The zero-order chi connectivity index (χ0) is 18.1. The van der Waals surface area contributed by atoms with Crippen molar-refractivity contribution in [2.45, 2.75) is 32.2 Å². The molecule has 3 N–H and O–H groups in total. The summed E-state index contributed by atoms with van der Waals surface area (Å²) in [6.45, 7) is 1.94. The van der Waals surface area contributed by atoms with E-state index in [4.69, 9.17) is 5.11 Å². The second kappa shape index (κ2) is 9.66. The maximum absolute atomic E-state index is 12.2. The van der Waals surface area contributed by atoms with Crippen LogP contribution in [0.15, 0.2) is 30.3 Å². The first-order chi connectivity index (χ1) is 12.1. The van der Waals surface area contributed by atoms with E-state index in [1.165, 1.54) is 0 Å². The van der Waals surface area contributed by atoms with E-state index < -0.39 is 5.97 Å². The number of nitrogens with zero attached hydrogens (tertiary/aromatic N) is 1. The van der Waals surface area contributed by atoms with Crippen LogP contribution in [-0.2, 0) is 16.1 Å². The summed E-state index contributed by atoms with van der Waals surface area (Å²) in [6, 6.07) is 9.57. The van der Waals surface area contributed by atoms with Crippen molar-refractivity contribution in [3.8, 4) is 0 Å². The van der Waals surface area contributed by atoms with Gasteiger partial charge in [0.1, 0.15) is 0 Å². The maximum atomic E-state index is 12.2. The van der Waals surface area contributed by atoms with Gasteiger partial charge in [0.25, 0.3) is 0 Å². The number of benzene rings is 1. The summed E-state index contributed by atoms with van der Waals surface area (Å²) >= 11 is 0. The van der Waals surface area contributed by atoms with E-state index in [0.717, 1.165) is 5.56 Å². The third kappa shape index (κ3) is 6.45. The molecule has 1 saturated heterocycles. The lowest BCUT2D eigenvalue weighted by Gasteiger charge is -2.31. The number of piperidine rings is 1. The summed E-state index contributed by atoms with van der Waals surface area (Å²) in [5, 5.41) is 14.2. The number of nitrogens with one attached hydrogen (secondary N) is 2. The molecule has 0 aromatic heterocycles. The van der Waals surface area contributed by atoms with Gasteiger partial charge in [-0.1, -0.05) is 30.3 Å². The molecule has 0 spiro atoms. The van der Waals surface area contributed by atoms with Gasteiger partial charge in [-0.3, -0.25) is 9.59 Å². The molecule has 0 bridgehead atoms. The highest BCUT2D eigenvalue weighted by atomic mass is 16.4. The van der Waals surface area contributed by atoms with E-state index in [1.54, 1.807) is 4.90 Å². The highest BCUT2D eigenvalue weighted by Gasteiger charge is 2.27. The van der Waals surface area contributed by atoms with Crippen molar-refractivity contribution in [1.82, 2.24) is 15.5 Å². The van der Waals surface area contributed by atoms with Crippen LogP contribution in [-0.4, -0.2) is 47.5 Å². The molecule has 1 aliphatic rings. The van der Waals surface area contributed by atoms with E-state index in [2.05, 4.69) is 10.6 Å². The van der Waals surface area contributed by atoms with Gasteiger partial charge in [0.05, 0.1) is 0 Å².